The van der Waals surface area contributed by atoms with Gasteiger partial charge in [0.15, 0.2) is 5.65 Å². The van der Waals surface area contributed by atoms with Crippen molar-refractivity contribution in [1.29, 1.82) is 0 Å². The number of carbonyl (C=O) groups excluding carboxylic acids is 1. The van der Waals surface area contributed by atoms with Crippen molar-refractivity contribution in [2.45, 2.75) is 24.7 Å². The molecule has 0 N–H and O–H groups in total. The van der Waals surface area contributed by atoms with Crippen LogP contribution in [0.2, 0.25) is 0 Å². The SMILES string of the molecule is CC(=O)N1CCc2ccc(S(=O)(=O)n3cc(C4=CCN(C)CC4)c4cccnc43)cc21. The van der Waals surface area contributed by atoms with Crippen LogP contribution in [0.4, 0.5) is 5.69 Å². The molecule has 8 heteroatoms. The molecule has 5 rings (SSSR count). The maximum absolute atomic E-state index is 13.7. The lowest BCUT2D eigenvalue weighted by molar-refractivity contribution is -0.116. The standard InChI is InChI=1S/C23H24N4O3S/c1-16(28)26-13-9-18-5-6-19(14-22(18)26)31(29,30)27-15-21(17-7-11-25(2)12-8-17)20-4-3-10-24-23(20)27/h3-7,10,14-15H,8-9,11-13H2,1-2H3. The van der Waals surface area contributed by atoms with Gasteiger partial charge in [-0.3, -0.25) is 4.79 Å². The number of benzene rings is 1. The minimum absolute atomic E-state index is 0.0853. The van der Waals surface area contributed by atoms with Crippen LogP contribution in [0.25, 0.3) is 16.6 Å². The first kappa shape index (κ1) is 20.0. The van der Waals surface area contributed by atoms with Gasteiger partial charge in [-0.2, -0.15) is 0 Å². The molecule has 1 amide bonds. The van der Waals surface area contributed by atoms with Gasteiger partial charge in [-0.25, -0.2) is 17.4 Å². The zero-order chi connectivity index (χ0) is 21.8. The summed E-state index contributed by atoms with van der Waals surface area (Å²) in [5, 5.41) is 0.827. The first-order valence-corrected chi connectivity index (χ1v) is 11.8. The Morgan fingerprint density at radius 2 is 1.97 bits per heavy atom. The lowest BCUT2D eigenvalue weighted by Crippen LogP contribution is -2.26. The first-order chi connectivity index (χ1) is 14.9. The average Bonchev–Trinajstić information content (AvgIpc) is 3.36. The highest BCUT2D eigenvalue weighted by atomic mass is 32.2. The van der Waals surface area contributed by atoms with Gasteiger partial charge in [0.1, 0.15) is 0 Å². The molecule has 2 aliphatic rings. The monoisotopic (exact) mass is 436 g/mol. The summed E-state index contributed by atoms with van der Waals surface area (Å²) in [6, 6.07) is 8.80. The van der Waals surface area contributed by atoms with E-state index in [0.717, 1.165) is 48.0 Å². The number of hydrogen-bond donors (Lipinski definition) is 0. The molecule has 0 radical (unpaired) electrons. The van der Waals surface area contributed by atoms with E-state index in [1.807, 2.05) is 18.2 Å². The van der Waals surface area contributed by atoms with Gasteiger partial charge in [-0.1, -0.05) is 12.1 Å². The molecule has 0 unspecified atom stereocenters. The van der Waals surface area contributed by atoms with E-state index < -0.39 is 10.0 Å². The van der Waals surface area contributed by atoms with Crippen molar-refractivity contribution in [3.8, 4) is 0 Å². The van der Waals surface area contributed by atoms with Crippen LogP contribution in [-0.2, 0) is 21.2 Å². The minimum atomic E-state index is -3.89. The highest BCUT2D eigenvalue weighted by Gasteiger charge is 2.28. The van der Waals surface area contributed by atoms with Crippen LogP contribution in [0, 0.1) is 0 Å². The molecule has 0 saturated heterocycles. The molecular formula is C23H24N4O3S. The Labute approximate surface area is 181 Å². The van der Waals surface area contributed by atoms with Crippen LogP contribution < -0.4 is 4.90 Å². The smallest absolute Gasteiger partial charge is 0.269 e. The summed E-state index contributed by atoms with van der Waals surface area (Å²) < 4.78 is 28.6. The van der Waals surface area contributed by atoms with Gasteiger partial charge in [-0.15, -0.1) is 0 Å². The molecule has 31 heavy (non-hydrogen) atoms. The third-order valence-corrected chi connectivity index (χ3v) is 7.83. The Kier molecular flexibility index (Phi) is 4.71. The van der Waals surface area contributed by atoms with E-state index in [4.69, 9.17) is 0 Å². The number of amides is 1. The first-order valence-electron chi connectivity index (χ1n) is 10.4. The topological polar surface area (TPSA) is 75.5 Å². The van der Waals surface area contributed by atoms with E-state index in [9.17, 15) is 13.2 Å². The van der Waals surface area contributed by atoms with Gasteiger partial charge in [0, 0.05) is 55.6 Å². The maximum atomic E-state index is 13.7. The normalized spacial score (nSPS) is 17.1. The average molecular weight is 437 g/mol. The third-order valence-electron chi connectivity index (χ3n) is 6.18. The van der Waals surface area contributed by atoms with Crippen LogP contribution in [-0.4, -0.2) is 54.9 Å². The molecular weight excluding hydrogens is 412 g/mol. The van der Waals surface area contributed by atoms with Gasteiger partial charge in [0.2, 0.25) is 5.91 Å². The molecule has 0 bridgehead atoms. The molecule has 0 fully saturated rings. The predicted octanol–water partition coefficient (Wildman–Crippen LogP) is 2.90. The number of anilines is 1. The van der Waals surface area contributed by atoms with E-state index in [1.165, 1.54) is 10.9 Å². The Morgan fingerprint density at radius 1 is 1.13 bits per heavy atom. The van der Waals surface area contributed by atoms with E-state index >= 15 is 0 Å². The number of fused-ring (bicyclic) bond motifs is 2. The Hall–Kier alpha value is -2.97. The molecule has 0 atom stereocenters. The van der Waals surface area contributed by atoms with Crippen LogP contribution in [0.15, 0.2) is 53.7 Å². The zero-order valence-corrected chi connectivity index (χ0v) is 18.4. The van der Waals surface area contributed by atoms with Crippen LogP contribution >= 0.6 is 0 Å². The van der Waals surface area contributed by atoms with Crippen LogP contribution in [0.3, 0.4) is 0 Å². The highest BCUT2D eigenvalue weighted by Crippen LogP contribution is 2.34. The Bertz CT molecular complexity index is 1340. The molecule has 4 heterocycles. The highest BCUT2D eigenvalue weighted by molar-refractivity contribution is 7.90. The largest absolute Gasteiger partial charge is 0.312 e. The number of aromatic nitrogens is 2. The fourth-order valence-electron chi connectivity index (χ4n) is 4.45. The van der Waals surface area contributed by atoms with Crippen molar-refractivity contribution in [3.05, 3.63) is 59.9 Å². The number of nitrogens with zero attached hydrogens (tertiary/aromatic N) is 4. The summed E-state index contributed by atoms with van der Waals surface area (Å²) in [4.78, 5) is 20.4. The van der Waals surface area contributed by atoms with Crippen LogP contribution in [0.5, 0.6) is 0 Å². The molecule has 7 nitrogen and oxygen atoms in total. The number of hydrogen-bond acceptors (Lipinski definition) is 5. The minimum Gasteiger partial charge on any atom is -0.312 e. The van der Waals surface area contributed by atoms with Crippen molar-refractivity contribution in [2.75, 3.05) is 31.6 Å². The molecule has 0 spiro atoms. The molecule has 2 aliphatic heterocycles. The summed E-state index contributed by atoms with van der Waals surface area (Å²) in [5.74, 6) is -0.0853. The summed E-state index contributed by atoms with van der Waals surface area (Å²) in [6.45, 7) is 3.84. The molecule has 3 aromatic rings. The van der Waals surface area contributed by atoms with E-state index in [0.29, 0.717) is 17.9 Å². The lowest BCUT2D eigenvalue weighted by Gasteiger charge is -2.21. The Morgan fingerprint density at radius 3 is 2.71 bits per heavy atom. The molecule has 1 aromatic carbocycles. The molecule has 0 aliphatic carbocycles. The Balaban J connectivity index is 1.65. The number of pyridine rings is 1. The lowest BCUT2D eigenvalue weighted by atomic mass is 10.00. The van der Waals surface area contributed by atoms with Gasteiger partial charge < -0.3 is 9.80 Å². The fourth-order valence-corrected chi connectivity index (χ4v) is 5.79. The van der Waals surface area contributed by atoms with Crippen molar-refractivity contribution in [3.63, 3.8) is 0 Å². The van der Waals surface area contributed by atoms with E-state index in [1.54, 1.807) is 29.4 Å². The van der Waals surface area contributed by atoms with E-state index in [2.05, 4.69) is 23.0 Å². The van der Waals surface area contributed by atoms with Gasteiger partial charge >= 0.3 is 0 Å². The molecule has 160 valence electrons. The predicted molar refractivity (Wildman–Crippen MR) is 121 cm³/mol. The number of likely N-dealkylation sites (N-methyl/N-ethyl adjacent to an activating group) is 1. The molecule has 2 aromatic heterocycles. The summed E-state index contributed by atoms with van der Waals surface area (Å²) in [5.41, 5.74) is 4.13. The van der Waals surface area contributed by atoms with Crippen molar-refractivity contribution in [1.82, 2.24) is 13.9 Å². The second-order valence-corrected chi connectivity index (χ2v) is 9.99. The van der Waals surface area contributed by atoms with Gasteiger partial charge in [0.05, 0.1) is 4.90 Å². The maximum Gasteiger partial charge on any atom is 0.269 e. The summed E-state index contributed by atoms with van der Waals surface area (Å²) >= 11 is 0. The van der Waals surface area contributed by atoms with Crippen molar-refractivity contribution in [2.24, 2.45) is 0 Å². The number of rotatable bonds is 3. The second-order valence-electron chi connectivity index (χ2n) is 8.17. The third kappa shape index (κ3) is 3.26. The zero-order valence-electron chi connectivity index (χ0n) is 17.6. The van der Waals surface area contributed by atoms with Crippen molar-refractivity contribution >= 4 is 38.2 Å². The quantitative estimate of drug-likeness (QED) is 0.631. The summed E-state index contributed by atoms with van der Waals surface area (Å²) in [6.07, 6.45) is 7.05. The van der Waals surface area contributed by atoms with Crippen LogP contribution in [0.1, 0.15) is 24.5 Å². The van der Waals surface area contributed by atoms with Gasteiger partial charge in [-0.05, 0) is 55.3 Å². The number of carbonyl (C=O) groups is 1. The second kappa shape index (κ2) is 7.32. The van der Waals surface area contributed by atoms with Gasteiger partial charge in [0.25, 0.3) is 10.0 Å². The van der Waals surface area contributed by atoms with Crippen molar-refractivity contribution < 1.29 is 13.2 Å². The fraction of sp³-hybridized carbons (Fsp3) is 0.304. The van der Waals surface area contributed by atoms with E-state index in [-0.39, 0.29) is 10.8 Å². The molecule has 0 saturated carbocycles. The summed E-state index contributed by atoms with van der Waals surface area (Å²) in [7, 11) is -1.82.